The molecule has 3 heteroatoms. The molecular formula is C7H14O3. The lowest BCUT2D eigenvalue weighted by Gasteiger charge is -2.07. The third-order valence-electron chi connectivity index (χ3n) is 1.29. The normalized spacial score (nSPS) is 13.7. The van der Waals surface area contributed by atoms with Crippen LogP contribution in [0.2, 0.25) is 0 Å². The first-order valence-corrected chi connectivity index (χ1v) is 3.39. The molecule has 0 amide bonds. The average molecular weight is 146 g/mol. The third-order valence-corrected chi connectivity index (χ3v) is 1.29. The Balaban J connectivity index is 3.57. The summed E-state index contributed by atoms with van der Waals surface area (Å²) in [5.74, 6) is -0.0669. The SMILES string of the molecule is CC(C)C(=O)CC(O)CO. The van der Waals surface area contributed by atoms with E-state index >= 15 is 0 Å². The Labute approximate surface area is 60.7 Å². The van der Waals surface area contributed by atoms with Gasteiger partial charge in [0.05, 0.1) is 12.7 Å². The minimum atomic E-state index is -0.880. The molecule has 0 aliphatic heterocycles. The zero-order chi connectivity index (χ0) is 8.15. The Morgan fingerprint density at radius 1 is 1.50 bits per heavy atom. The average Bonchev–Trinajstić information content (AvgIpc) is 1.87. The molecule has 2 N–H and O–H groups in total. The van der Waals surface area contributed by atoms with E-state index in [0.717, 1.165) is 0 Å². The van der Waals surface area contributed by atoms with E-state index in [4.69, 9.17) is 10.2 Å². The largest absolute Gasteiger partial charge is 0.394 e. The highest BCUT2D eigenvalue weighted by molar-refractivity contribution is 5.80. The van der Waals surface area contributed by atoms with E-state index in [1.165, 1.54) is 0 Å². The van der Waals surface area contributed by atoms with Crippen LogP contribution < -0.4 is 0 Å². The Kier molecular flexibility index (Phi) is 4.23. The molecule has 0 bridgehead atoms. The van der Waals surface area contributed by atoms with Crippen LogP contribution in [0, 0.1) is 5.92 Å². The number of rotatable bonds is 4. The van der Waals surface area contributed by atoms with Gasteiger partial charge in [0, 0.05) is 12.3 Å². The highest BCUT2D eigenvalue weighted by atomic mass is 16.3. The first-order valence-electron chi connectivity index (χ1n) is 3.39. The Morgan fingerprint density at radius 2 is 2.00 bits per heavy atom. The summed E-state index contributed by atoms with van der Waals surface area (Å²) in [5, 5.41) is 17.2. The van der Waals surface area contributed by atoms with Crippen molar-refractivity contribution in [1.82, 2.24) is 0 Å². The third kappa shape index (κ3) is 3.58. The van der Waals surface area contributed by atoms with Crippen molar-refractivity contribution in [2.75, 3.05) is 6.61 Å². The Bertz CT molecular complexity index is 109. The molecule has 0 saturated heterocycles. The number of ketones is 1. The van der Waals surface area contributed by atoms with E-state index in [-0.39, 0.29) is 24.7 Å². The summed E-state index contributed by atoms with van der Waals surface area (Å²) in [6, 6.07) is 0. The Hall–Kier alpha value is -0.410. The molecule has 0 rings (SSSR count). The lowest BCUT2D eigenvalue weighted by atomic mass is 10.0. The molecule has 0 aliphatic rings. The summed E-state index contributed by atoms with van der Waals surface area (Å²) >= 11 is 0. The van der Waals surface area contributed by atoms with Gasteiger partial charge in [0.25, 0.3) is 0 Å². The number of aliphatic hydroxyl groups excluding tert-OH is 2. The molecule has 0 heterocycles. The first kappa shape index (κ1) is 9.59. The van der Waals surface area contributed by atoms with Crippen molar-refractivity contribution in [2.45, 2.75) is 26.4 Å². The zero-order valence-corrected chi connectivity index (χ0v) is 6.37. The minimum Gasteiger partial charge on any atom is -0.394 e. The van der Waals surface area contributed by atoms with Crippen LogP contribution >= 0.6 is 0 Å². The van der Waals surface area contributed by atoms with Crippen LogP contribution in [0.1, 0.15) is 20.3 Å². The van der Waals surface area contributed by atoms with Crippen molar-refractivity contribution in [3.05, 3.63) is 0 Å². The predicted molar refractivity (Wildman–Crippen MR) is 37.6 cm³/mol. The maximum absolute atomic E-state index is 10.8. The lowest BCUT2D eigenvalue weighted by Crippen LogP contribution is -2.20. The number of carbonyl (C=O) groups is 1. The molecule has 1 atom stereocenters. The van der Waals surface area contributed by atoms with Gasteiger partial charge in [0.1, 0.15) is 5.78 Å². The monoisotopic (exact) mass is 146 g/mol. The molecule has 0 fully saturated rings. The van der Waals surface area contributed by atoms with E-state index in [9.17, 15) is 4.79 Å². The molecule has 60 valence electrons. The molecule has 0 aromatic rings. The number of carbonyl (C=O) groups excluding carboxylic acids is 1. The summed E-state index contributed by atoms with van der Waals surface area (Å²) in [6.07, 6.45) is -0.816. The van der Waals surface area contributed by atoms with Gasteiger partial charge in [-0.15, -0.1) is 0 Å². The van der Waals surface area contributed by atoms with Crippen molar-refractivity contribution < 1.29 is 15.0 Å². The van der Waals surface area contributed by atoms with Gasteiger partial charge < -0.3 is 10.2 Å². The van der Waals surface area contributed by atoms with Crippen LogP contribution in [0.25, 0.3) is 0 Å². The number of hydrogen-bond acceptors (Lipinski definition) is 3. The highest BCUT2D eigenvalue weighted by Crippen LogP contribution is 2.01. The maximum atomic E-state index is 10.8. The van der Waals surface area contributed by atoms with Gasteiger partial charge in [0.2, 0.25) is 0 Å². The fraction of sp³-hybridized carbons (Fsp3) is 0.857. The molecule has 10 heavy (non-hydrogen) atoms. The van der Waals surface area contributed by atoms with Crippen LogP contribution in [-0.4, -0.2) is 28.7 Å². The van der Waals surface area contributed by atoms with Gasteiger partial charge in [-0.1, -0.05) is 13.8 Å². The first-order chi connectivity index (χ1) is 4.57. The van der Waals surface area contributed by atoms with Crippen molar-refractivity contribution in [2.24, 2.45) is 5.92 Å². The van der Waals surface area contributed by atoms with Gasteiger partial charge in [-0.05, 0) is 0 Å². The molecule has 1 unspecified atom stereocenters. The van der Waals surface area contributed by atoms with Gasteiger partial charge in [-0.3, -0.25) is 4.79 Å². The quantitative estimate of drug-likeness (QED) is 0.585. The topological polar surface area (TPSA) is 57.5 Å². The van der Waals surface area contributed by atoms with Crippen LogP contribution in [0.3, 0.4) is 0 Å². The molecule has 0 spiro atoms. The molecule has 3 nitrogen and oxygen atoms in total. The lowest BCUT2D eigenvalue weighted by molar-refractivity contribution is -0.124. The Morgan fingerprint density at radius 3 is 2.30 bits per heavy atom. The van der Waals surface area contributed by atoms with Crippen molar-refractivity contribution >= 4 is 5.78 Å². The summed E-state index contributed by atoms with van der Waals surface area (Å²) < 4.78 is 0. The number of Topliss-reactive ketones (excluding diaryl/α,β-unsaturated/α-hetero) is 1. The van der Waals surface area contributed by atoms with Gasteiger partial charge in [0.15, 0.2) is 0 Å². The number of aliphatic hydroxyl groups is 2. The van der Waals surface area contributed by atoms with Crippen LogP contribution in [0.5, 0.6) is 0 Å². The summed E-state index contributed by atoms with van der Waals surface area (Å²) in [7, 11) is 0. The standard InChI is InChI=1S/C7H14O3/c1-5(2)7(10)3-6(9)4-8/h5-6,8-9H,3-4H2,1-2H3. The van der Waals surface area contributed by atoms with E-state index in [1.54, 1.807) is 13.8 Å². The second kappa shape index (κ2) is 4.41. The molecule has 0 radical (unpaired) electrons. The van der Waals surface area contributed by atoms with Crippen molar-refractivity contribution in [3.8, 4) is 0 Å². The maximum Gasteiger partial charge on any atom is 0.138 e. The van der Waals surface area contributed by atoms with Crippen molar-refractivity contribution in [1.29, 1.82) is 0 Å². The highest BCUT2D eigenvalue weighted by Gasteiger charge is 2.12. The van der Waals surface area contributed by atoms with E-state index in [1.807, 2.05) is 0 Å². The summed E-state index contributed by atoms with van der Waals surface area (Å²) in [4.78, 5) is 10.8. The molecule has 0 aliphatic carbocycles. The van der Waals surface area contributed by atoms with Gasteiger partial charge in [-0.2, -0.15) is 0 Å². The molecule has 0 aromatic heterocycles. The van der Waals surface area contributed by atoms with Gasteiger partial charge in [-0.25, -0.2) is 0 Å². The fourth-order valence-electron chi connectivity index (χ4n) is 0.532. The van der Waals surface area contributed by atoms with Gasteiger partial charge >= 0.3 is 0 Å². The van der Waals surface area contributed by atoms with E-state index in [2.05, 4.69) is 0 Å². The minimum absolute atomic E-state index is 0.0125. The second-order valence-electron chi connectivity index (χ2n) is 2.66. The predicted octanol–water partition coefficient (Wildman–Crippen LogP) is -0.0452. The van der Waals surface area contributed by atoms with Crippen molar-refractivity contribution in [3.63, 3.8) is 0 Å². The smallest absolute Gasteiger partial charge is 0.138 e. The zero-order valence-electron chi connectivity index (χ0n) is 6.37. The van der Waals surface area contributed by atoms with Crippen LogP contribution in [0.15, 0.2) is 0 Å². The second-order valence-corrected chi connectivity index (χ2v) is 2.66. The molecule has 0 saturated carbocycles. The van der Waals surface area contributed by atoms with E-state index in [0.29, 0.717) is 0 Å². The number of hydrogen-bond donors (Lipinski definition) is 2. The molecule has 0 aromatic carbocycles. The fourth-order valence-corrected chi connectivity index (χ4v) is 0.532. The van der Waals surface area contributed by atoms with Crippen LogP contribution in [-0.2, 0) is 4.79 Å². The summed E-state index contributed by atoms with van der Waals surface area (Å²) in [6.45, 7) is 3.21. The van der Waals surface area contributed by atoms with E-state index < -0.39 is 6.10 Å². The summed E-state index contributed by atoms with van der Waals surface area (Å²) in [5.41, 5.74) is 0. The van der Waals surface area contributed by atoms with Crippen LogP contribution in [0.4, 0.5) is 0 Å². The molecular weight excluding hydrogens is 132 g/mol.